The predicted molar refractivity (Wildman–Crippen MR) is 82.5 cm³/mol. The Balaban J connectivity index is 2.13. The van der Waals surface area contributed by atoms with Crippen LogP contribution in [0, 0.1) is 0 Å². The van der Waals surface area contributed by atoms with Gasteiger partial charge in [0.2, 0.25) is 11.8 Å². The van der Waals surface area contributed by atoms with Crippen molar-refractivity contribution in [3.8, 4) is 22.8 Å². The number of alkyl halides is 1. The number of aromatic nitrogens is 2. The van der Waals surface area contributed by atoms with Crippen LogP contribution in [-0.4, -0.2) is 28.4 Å². The molecule has 0 radical (unpaired) electrons. The van der Waals surface area contributed by atoms with Crippen molar-refractivity contribution in [3.63, 3.8) is 0 Å². The van der Waals surface area contributed by atoms with Crippen molar-refractivity contribution in [3.05, 3.63) is 42.5 Å². The van der Waals surface area contributed by atoms with Gasteiger partial charge in [0.25, 0.3) is 0 Å². The number of hydrogen-bond acceptors (Lipinski definition) is 5. The molecule has 1 heterocycles. The van der Waals surface area contributed by atoms with Crippen LogP contribution < -0.4 is 10.5 Å². The molecule has 0 unspecified atom stereocenters. The summed E-state index contributed by atoms with van der Waals surface area (Å²) in [5.74, 6) is 0.508. The third-order valence-electron chi connectivity index (χ3n) is 3.17. The van der Waals surface area contributed by atoms with Gasteiger partial charge in [-0.15, -0.1) is 0 Å². The number of phenols is 1. The fourth-order valence-corrected chi connectivity index (χ4v) is 2.23. The molecule has 0 fully saturated rings. The van der Waals surface area contributed by atoms with Crippen molar-refractivity contribution in [2.24, 2.45) is 0 Å². The summed E-state index contributed by atoms with van der Waals surface area (Å²) in [7, 11) is 0. The third kappa shape index (κ3) is 2.76. The molecule has 0 saturated carbocycles. The van der Waals surface area contributed by atoms with E-state index in [1.807, 2.05) is 18.2 Å². The Morgan fingerprint density at radius 2 is 1.91 bits per heavy atom. The maximum atomic E-state index is 12.3. The normalized spacial score (nSPS) is 10.8. The van der Waals surface area contributed by atoms with Crippen LogP contribution in [0.2, 0.25) is 0 Å². The molecule has 2 aromatic carbocycles. The van der Waals surface area contributed by atoms with Gasteiger partial charge in [-0.2, -0.15) is 4.98 Å². The number of halogens is 1. The highest BCUT2D eigenvalue weighted by Crippen LogP contribution is 2.30. The zero-order valence-corrected chi connectivity index (χ0v) is 11.7. The second kappa shape index (κ2) is 5.85. The summed E-state index contributed by atoms with van der Waals surface area (Å²) in [4.78, 5) is 8.16. The number of benzene rings is 2. The van der Waals surface area contributed by atoms with Gasteiger partial charge in [0, 0.05) is 0 Å². The molecular weight excluding hydrogens is 285 g/mol. The van der Waals surface area contributed by atoms with E-state index in [0.717, 1.165) is 11.1 Å². The first-order valence-electron chi connectivity index (χ1n) is 6.73. The molecule has 5 nitrogen and oxygen atoms in total. The summed E-state index contributed by atoms with van der Waals surface area (Å²) in [6.45, 7) is -0.709. The second-order valence-corrected chi connectivity index (χ2v) is 4.71. The van der Waals surface area contributed by atoms with Gasteiger partial charge in [-0.1, -0.05) is 18.2 Å². The predicted octanol–water partition coefficient (Wildman–Crippen LogP) is 2.93. The summed E-state index contributed by atoms with van der Waals surface area (Å²) >= 11 is 0. The molecule has 0 aliphatic carbocycles. The highest BCUT2D eigenvalue weighted by molar-refractivity contribution is 5.89. The lowest BCUT2D eigenvalue weighted by molar-refractivity contribution is 0.267. The Hall–Kier alpha value is -2.89. The third-order valence-corrected chi connectivity index (χ3v) is 3.17. The van der Waals surface area contributed by atoms with Crippen molar-refractivity contribution in [2.45, 2.75) is 0 Å². The van der Waals surface area contributed by atoms with Gasteiger partial charge in [0.05, 0.1) is 10.9 Å². The average molecular weight is 299 g/mol. The molecule has 0 spiro atoms. The lowest BCUT2D eigenvalue weighted by Crippen LogP contribution is -2.04. The number of nitrogens with zero attached hydrogens (tertiary/aromatic N) is 2. The summed E-state index contributed by atoms with van der Waals surface area (Å²) in [5, 5.41) is 10.2. The molecule has 0 amide bonds. The van der Waals surface area contributed by atoms with Crippen LogP contribution in [0.25, 0.3) is 22.0 Å². The molecule has 3 N–H and O–H groups in total. The molecule has 0 aliphatic rings. The van der Waals surface area contributed by atoms with Crippen LogP contribution in [0.15, 0.2) is 42.5 Å². The van der Waals surface area contributed by atoms with Gasteiger partial charge < -0.3 is 15.6 Å². The van der Waals surface area contributed by atoms with Gasteiger partial charge in [-0.05, 0) is 35.4 Å². The number of nitrogen functional groups attached to an aromatic ring is 1. The van der Waals surface area contributed by atoms with Crippen LogP contribution in [0.4, 0.5) is 10.3 Å². The minimum Gasteiger partial charge on any atom is -0.508 e. The minimum atomic E-state index is -0.613. The molecule has 3 aromatic rings. The van der Waals surface area contributed by atoms with Gasteiger partial charge >= 0.3 is 0 Å². The summed E-state index contributed by atoms with van der Waals surface area (Å²) in [6, 6.07) is 12.4. The fraction of sp³-hybridized carbons (Fsp3) is 0.125. The van der Waals surface area contributed by atoms with Crippen LogP contribution in [0.5, 0.6) is 11.6 Å². The van der Waals surface area contributed by atoms with E-state index in [1.165, 1.54) is 0 Å². The Labute approximate surface area is 126 Å². The molecule has 22 heavy (non-hydrogen) atoms. The number of hydrogen-bond donors (Lipinski definition) is 2. The number of phenolic OH excluding ortho intramolecular Hbond substituents is 1. The van der Waals surface area contributed by atoms with E-state index in [2.05, 4.69) is 9.97 Å². The lowest BCUT2D eigenvalue weighted by Gasteiger charge is -2.09. The zero-order chi connectivity index (χ0) is 15.5. The van der Waals surface area contributed by atoms with E-state index in [0.29, 0.717) is 10.9 Å². The Morgan fingerprint density at radius 1 is 1.09 bits per heavy atom. The monoisotopic (exact) mass is 299 g/mol. The molecule has 6 heteroatoms. The largest absolute Gasteiger partial charge is 0.508 e. The second-order valence-electron chi connectivity index (χ2n) is 4.71. The van der Waals surface area contributed by atoms with E-state index in [9.17, 15) is 9.50 Å². The molecule has 3 rings (SSSR count). The van der Waals surface area contributed by atoms with Crippen molar-refractivity contribution < 1.29 is 14.2 Å². The summed E-state index contributed by atoms with van der Waals surface area (Å²) in [6.07, 6.45) is 0. The maximum Gasteiger partial charge on any atom is 0.226 e. The first-order valence-corrected chi connectivity index (χ1v) is 6.73. The zero-order valence-electron chi connectivity index (χ0n) is 11.7. The van der Waals surface area contributed by atoms with Crippen molar-refractivity contribution >= 4 is 16.9 Å². The summed E-state index contributed by atoms with van der Waals surface area (Å²) < 4.78 is 17.6. The molecule has 0 atom stereocenters. The van der Waals surface area contributed by atoms with Crippen LogP contribution in [0.1, 0.15) is 0 Å². The van der Waals surface area contributed by atoms with Gasteiger partial charge in [0.1, 0.15) is 19.0 Å². The maximum absolute atomic E-state index is 12.3. The van der Waals surface area contributed by atoms with Gasteiger partial charge in [-0.3, -0.25) is 0 Å². The Kier molecular flexibility index (Phi) is 3.74. The van der Waals surface area contributed by atoms with E-state index < -0.39 is 6.67 Å². The number of fused-ring (bicyclic) bond motifs is 1. The van der Waals surface area contributed by atoms with Crippen LogP contribution >= 0.6 is 0 Å². The highest BCUT2D eigenvalue weighted by Gasteiger charge is 2.09. The lowest BCUT2D eigenvalue weighted by atomic mass is 10.0. The average Bonchev–Trinajstić information content (AvgIpc) is 2.52. The Morgan fingerprint density at radius 3 is 2.68 bits per heavy atom. The molecule has 0 bridgehead atoms. The van der Waals surface area contributed by atoms with Gasteiger partial charge in [0.15, 0.2) is 0 Å². The van der Waals surface area contributed by atoms with E-state index in [1.54, 1.807) is 24.3 Å². The number of rotatable bonds is 4. The van der Waals surface area contributed by atoms with Crippen molar-refractivity contribution in [1.29, 1.82) is 0 Å². The standard InChI is InChI=1S/C16H14FN3O2/c17-6-7-22-15-13-9-11(10-2-1-3-12(21)8-10)4-5-14(13)19-16(18)20-15/h1-5,8-9,21H,6-7H2,(H2,18,19,20). The van der Waals surface area contributed by atoms with E-state index >= 15 is 0 Å². The van der Waals surface area contributed by atoms with E-state index in [-0.39, 0.29) is 24.2 Å². The van der Waals surface area contributed by atoms with Crippen molar-refractivity contribution in [1.82, 2.24) is 9.97 Å². The first kappa shape index (κ1) is 14.1. The fourth-order valence-electron chi connectivity index (χ4n) is 2.23. The number of ether oxygens (including phenoxy) is 1. The molecule has 112 valence electrons. The molecule has 0 saturated heterocycles. The van der Waals surface area contributed by atoms with Gasteiger partial charge in [-0.25, -0.2) is 9.37 Å². The highest BCUT2D eigenvalue weighted by atomic mass is 19.1. The molecule has 1 aromatic heterocycles. The molecule has 0 aliphatic heterocycles. The Bertz CT molecular complexity index is 824. The summed E-state index contributed by atoms with van der Waals surface area (Å²) in [5.41, 5.74) is 7.96. The van der Waals surface area contributed by atoms with Crippen molar-refractivity contribution in [2.75, 3.05) is 19.0 Å². The van der Waals surface area contributed by atoms with Crippen LogP contribution in [0.3, 0.4) is 0 Å². The quantitative estimate of drug-likeness (QED) is 0.774. The van der Waals surface area contributed by atoms with E-state index in [4.69, 9.17) is 10.5 Å². The SMILES string of the molecule is Nc1nc(OCCF)c2cc(-c3cccc(O)c3)ccc2n1. The number of aromatic hydroxyl groups is 1. The minimum absolute atomic E-state index is 0.0754. The topological polar surface area (TPSA) is 81.3 Å². The number of nitrogens with two attached hydrogens (primary N) is 1. The number of anilines is 1. The molecular formula is C16H14FN3O2. The smallest absolute Gasteiger partial charge is 0.226 e. The first-order chi connectivity index (χ1) is 10.7. The van der Waals surface area contributed by atoms with Crippen LogP contribution in [-0.2, 0) is 0 Å².